The number of carboxylic acids is 1. The molecule has 0 aliphatic rings. The number of amides is 1. The summed E-state index contributed by atoms with van der Waals surface area (Å²) in [5.74, 6) is -3.56. The number of fused-ring (bicyclic) bond motifs is 2. The van der Waals surface area contributed by atoms with Crippen LogP contribution in [0, 0.1) is 23.3 Å². The van der Waals surface area contributed by atoms with Crippen LogP contribution < -0.4 is 39.3 Å². The predicted octanol–water partition coefficient (Wildman–Crippen LogP) is 7.86. The molecule has 0 aliphatic carbocycles. The number of rotatable bonds is 2. The van der Waals surface area contributed by atoms with Gasteiger partial charge in [-0.15, -0.1) is 0 Å². The second-order valence-electron chi connectivity index (χ2n) is 10.6. The Labute approximate surface area is 372 Å². The number of carbonyl (C=O) groups is 2. The summed E-state index contributed by atoms with van der Waals surface area (Å²) in [4.78, 5) is 62.6. The van der Waals surface area contributed by atoms with Gasteiger partial charge in [0.15, 0.2) is 0 Å². The molecule has 0 spiro atoms. The number of nitrogen functional groups attached to an aromatic ring is 2. The van der Waals surface area contributed by atoms with E-state index in [9.17, 15) is 41.5 Å². The monoisotopic (exact) mass is 1100 g/mol. The Balaban J connectivity index is 0.000000744. The van der Waals surface area contributed by atoms with Gasteiger partial charge >= 0.3 is 11.7 Å². The molecule has 14 nitrogen and oxygen atoms in total. The minimum absolute atomic E-state index is 0. The van der Waals surface area contributed by atoms with E-state index in [1.165, 1.54) is 69.2 Å². The Bertz CT molecular complexity index is 2680. The molecule has 9 N–H and O–H groups in total. The van der Waals surface area contributed by atoms with Gasteiger partial charge < -0.3 is 32.6 Å². The highest BCUT2D eigenvalue weighted by molar-refractivity contribution is 9.11. The first-order valence-corrected chi connectivity index (χ1v) is 18.8. The maximum atomic E-state index is 13.2. The molecule has 23 heteroatoms. The van der Waals surface area contributed by atoms with E-state index < -0.39 is 40.5 Å². The number of anilines is 2. The molecule has 2 heterocycles. The maximum Gasteiger partial charge on any atom is 0.337 e. The third-order valence-electron chi connectivity index (χ3n) is 7.22. The molecule has 0 bridgehead atoms. The van der Waals surface area contributed by atoms with Crippen LogP contribution in [0.2, 0.25) is 5.28 Å². The van der Waals surface area contributed by atoms with Crippen molar-refractivity contribution in [2.45, 2.75) is 14.9 Å². The third-order valence-corrected chi connectivity index (χ3v) is 10.7. The molecule has 6 rings (SSSR count). The van der Waals surface area contributed by atoms with Crippen molar-refractivity contribution in [3.8, 4) is 0 Å². The Hall–Kier alpha value is -4.61. The number of carboxylic acid groups (broad SMARTS) is 1. The molecular weight excluding hydrogens is 1070 g/mol. The molecule has 1 amide bonds. The first-order chi connectivity index (χ1) is 26.7. The lowest BCUT2D eigenvalue weighted by molar-refractivity contribution is 0.0697. The topological polar surface area (TPSA) is 234 Å². The smallest absolute Gasteiger partial charge is 0.337 e. The van der Waals surface area contributed by atoms with E-state index in [1.807, 2.05) is 0 Å². The van der Waals surface area contributed by atoms with Gasteiger partial charge in [0.05, 0.1) is 62.2 Å². The average Bonchev–Trinajstić information content (AvgIpc) is 3.18. The van der Waals surface area contributed by atoms with Gasteiger partial charge in [0.25, 0.3) is 17.0 Å². The van der Waals surface area contributed by atoms with Gasteiger partial charge in [-0.2, -0.15) is 0 Å². The van der Waals surface area contributed by atoms with Crippen molar-refractivity contribution in [1.29, 1.82) is 0 Å². The second-order valence-corrected chi connectivity index (χ2v) is 14.1. The lowest BCUT2D eigenvalue weighted by Crippen LogP contribution is -2.32. The number of nitrogens with one attached hydrogen (secondary N) is 2. The molecular formula is C36H37Br4ClF4N8O6. The van der Waals surface area contributed by atoms with Gasteiger partial charge in [0, 0.05) is 21.1 Å². The summed E-state index contributed by atoms with van der Waals surface area (Å²) in [5.41, 5.74) is 14.6. The van der Waals surface area contributed by atoms with Crippen LogP contribution in [0.3, 0.4) is 0 Å². The SMILES string of the molecule is C.C.CN.CNC(=O)c1ccc(F)c(Br)c1N.Cn1c(=O)[nH]c2c(Br)c(F)ccc2c1=O.Cn1c(Cl)nc2c(Br)c(F)ccc2c1=O.Nc1c(C(=O)O)ccc(F)c1Br. The van der Waals surface area contributed by atoms with Gasteiger partial charge in [0.2, 0.25) is 5.28 Å². The maximum absolute atomic E-state index is 13.2. The van der Waals surface area contributed by atoms with Crippen molar-refractivity contribution in [2.24, 2.45) is 19.8 Å². The van der Waals surface area contributed by atoms with Crippen molar-refractivity contribution in [3.05, 3.63) is 137 Å². The van der Waals surface area contributed by atoms with Gasteiger partial charge in [0.1, 0.15) is 23.3 Å². The van der Waals surface area contributed by atoms with Crippen LogP contribution >= 0.6 is 75.3 Å². The number of hydrogen-bond acceptors (Lipinski definition) is 9. The highest BCUT2D eigenvalue weighted by atomic mass is 79.9. The number of aromatic carboxylic acids is 1. The summed E-state index contributed by atoms with van der Waals surface area (Å²) in [6, 6.07) is 9.81. The third kappa shape index (κ3) is 12.7. The number of H-pyrrole nitrogens is 1. The van der Waals surface area contributed by atoms with Crippen LogP contribution in [0.15, 0.2) is 80.8 Å². The van der Waals surface area contributed by atoms with Crippen LogP contribution in [-0.2, 0) is 14.1 Å². The number of aromatic nitrogens is 4. The first-order valence-electron chi connectivity index (χ1n) is 15.2. The largest absolute Gasteiger partial charge is 0.478 e. The summed E-state index contributed by atoms with van der Waals surface area (Å²) in [7, 11) is 5.85. The van der Waals surface area contributed by atoms with E-state index in [4.69, 9.17) is 28.2 Å². The first kappa shape index (κ1) is 54.4. The number of halogens is 9. The Morgan fingerprint density at radius 3 is 1.61 bits per heavy atom. The molecule has 0 aliphatic heterocycles. The zero-order valence-corrected chi connectivity index (χ0v) is 36.7. The highest BCUT2D eigenvalue weighted by Gasteiger charge is 2.15. The van der Waals surface area contributed by atoms with Crippen LogP contribution in [0.5, 0.6) is 0 Å². The summed E-state index contributed by atoms with van der Waals surface area (Å²) in [5, 5.41) is 11.6. The van der Waals surface area contributed by atoms with Gasteiger partial charge in [-0.3, -0.25) is 23.5 Å². The normalized spacial score (nSPS) is 9.80. The van der Waals surface area contributed by atoms with Gasteiger partial charge in [-0.1, -0.05) is 14.9 Å². The van der Waals surface area contributed by atoms with E-state index in [0.29, 0.717) is 5.39 Å². The van der Waals surface area contributed by atoms with Crippen molar-refractivity contribution < 1.29 is 32.3 Å². The van der Waals surface area contributed by atoms with E-state index >= 15 is 0 Å². The second kappa shape index (κ2) is 23.8. The van der Waals surface area contributed by atoms with Crippen molar-refractivity contribution in [1.82, 2.24) is 24.4 Å². The lowest BCUT2D eigenvalue weighted by atomic mass is 10.1. The van der Waals surface area contributed by atoms with Crippen molar-refractivity contribution in [3.63, 3.8) is 0 Å². The Morgan fingerprint density at radius 1 is 0.712 bits per heavy atom. The van der Waals surface area contributed by atoms with Crippen LogP contribution in [0.4, 0.5) is 28.9 Å². The number of nitrogens with two attached hydrogens (primary N) is 3. The zero-order valence-electron chi connectivity index (χ0n) is 29.6. The standard InChI is InChI=1S/C9H5BrClFN2O.C9H6BrFN2O2.C8H8BrFN2O.C7H5BrFNO2.CH5N.2CH4/c1-14-8(15)4-2-3-5(12)6(10)7(4)13-9(14)11;1-13-8(14)4-2-3-5(11)6(10)7(4)12-9(13)15;1-12-8(13)4-2-3-5(10)6(9)7(4)11;8-5-4(9)2-1-3(6(5)10)7(11)12;1-2;;/h2-3H,1H3;2-3H,1H3,(H,12,15);2-3H,11H2,1H3,(H,12,13);1-2H,10H2,(H,11,12);2H2,1H3;2*1H4. The van der Waals surface area contributed by atoms with Gasteiger partial charge in [-0.05, 0) is 131 Å². The highest BCUT2D eigenvalue weighted by Crippen LogP contribution is 2.28. The number of carbonyl (C=O) groups excluding carboxylic acids is 1. The number of nitrogens with zero attached hydrogens (tertiary/aromatic N) is 3. The Kier molecular flexibility index (Phi) is 22.0. The summed E-state index contributed by atoms with van der Waals surface area (Å²) >= 11 is 17.5. The lowest BCUT2D eigenvalue weighted by Gasteiger charge is -2.06. The molecule has 6 aromatic rings. The fourth-order valence-electron chi connectivity index (χ4n) is 4.22. The summed E-state index contributed by atoms with van der Waals surface area (Å²) in [6.45, 7) is 0. The van der Waals surface area contributed by atoms with Crippen molar-refractivity contribution >= 4 is 120 Å². The van der Waals surface area contributed by atoms with Crippen LogP contribution in [-0.4, -0.2) is 50.2 Å². The number of benzene rings is 4. The summed E-state index contributed by atoms with van der Waals surface area (Å²) < 4.78 is 54.4. The molecule has 4 aromatic carbocycles. The average molecular weight is 1110 g/mol. The fourth-order valence-corrected chi connectivity index (χ4v) is 5.95. The molecule has 0 unspecified atom stereocenters. The molecule has 2 aromatic heterocycles. The number of hydrogen-bond donors (Lipinski definition) is 6. The van der Waals surface area contributed by atoms with E-state index in [0.717, 1.165) is 16.7 Å². The predicted molar refractivity (Wildman–Crippen MR) is 238 cm³/mol. The van der Waals surface area contributed by atoms with E-state index in [-0.39, 0.29) is 88.4 Å². The van der Waals surface area contributed by atoms with E-state index in [1.54, 1.807) is 0 Å². The van der Waals surface area contributed by atoms with Crippen LogP contribution in [0.1, 0.15) is 35.6 Å². The zero-order chi connectivity index (χ0) is 43.6. The molecule has 320 valence electrons. The Morgan fingerprint density at radius 2 is 1.12 bits per heavy atom. The summed E-state index contributed by atoms with van der Waals surface area (Å²) in [6.07, 6.45) is 0. The molecule has 0 saturated heterocycles. The quantitative estimate of drug-likeness (QED) is 0.0558. The molecule has 0 radical (unpaired) electrons. The number of aromatic amines is 1. The van der Waals surface area contributed by atoms with Crippen LogP contribution in [0.25, 0.3) is 21.8 Å². The molecule has 59 heavy (non-hydrogen) atoms. The molecule has 0 atom stereocenters. The van der Waals surface area contributed by atoms with Crippen molar-refractivity contribution in [2.75, 3.05) is 25.6 Å². The molecule has 0 saturated carbocycles. The minimum Gasteiger partial charge on any atom is -0.478 e. The fraction of sp³-hybridized carbons (Fsp3) is 0.167. The molecule has 0 fully saturated rings. The van der Waals surface area contributed by atoms with Gasteiger partial charge in [-0.25, -0.2) is 32.1 Å². The minimum atomic E-state index is -1.17. The van der Waals surface area contributed by atoms with E-state index in [2.05, 4.69) is 84.7 Å².